The monoisotopic (exact) mass is 300 g/mol. The van der Waals surface area contributed by atoms with Crippen LogP contribution in [-0.2, 0) is 9.53 Å². The van der Waals surface area contributed by atoms with E-state index < -0.39 is 12.0 Å². The Morgan fingerprint density at radius 1 is 1.33 bits per heavy atom. The van der Waals surface area contributed by atoms with Crippen LogP contribution in [0, 0.1) is 5.92 Å². The van der Waals surface area contributed by atoms with Crippen molar-refractivity contribution in [1.29, 1.82) is 0 Å². The highest BCUT2D eigenvalue weighted by Gasteiger charge is 2.40. The van der Waals surface area contributed by atoms with Gasteiger partial charge in [0.2, 0.25) is 0 Å². The summed E-state index contributed by atoms with van der Waals surface area (Å²) in [6.07, 6.45) is 3.24. The largest absolute Gasteiger partial charge is 0.480 e. The number of carbonyl (C=O) groups excluding carboxylic acids is 1. The van der Waals surface area contributed by atoms with Crippen molar-refractivity contribution in [2.45, 2.75) is 64.6 Å². The number of amides is 2. The summed E-state index contributed by atoms with van der Waals surface area (Å²) in [7, 11) is 1.54. The summed E-state index contributed by atoms with van der Waals surface area (Å²) in [6, 6.07) is -1.05. The molecule has 1 fully saturated rings. The number of carboxylic acid groups (broad SMARTS) is 1. The maximum atomic E-state index is 12.2. The predicted octanol–water partition coefficient (Wildman–Crippen LogP) is 2.08. The quantitative estimate of drug-likeness (QED) is 0.754. The van der Waals surface area contributed by atoms with Crippen molar-refractivity contribution in [2.24, 2.45) is 5.92 Å². The van der Waals surface area contributed by atoms with E-state index >= 15 is 0 Å². The molecule has 122 valence electrons. The maximum Gasteiger partial charge on any atom is 0.326 e. The van der Waals surface area contributed by atoms with Crippen LogP contribution in [0.25, 0.3) is 0 Å². The molecule has 0 saturated carbocycles. The van der Waals surface area contributed by atoms with Gasteiger partial charge in [-0.3, -0.25) is 0 Å². The minimum atomic E-state index is -0.975. The van der Waals surface area contributed by atoms with Gasteiger partial charge in [0.1, 0.15) is 6.04 Å². The van der Waals surface area contributed by atoms with Crippen LogP contribution < -0.4 is 5.32 Å². The molecule has 6 heteroatoms. The fourth-order valence-corrected chi connectivity index (χ4v) is 2.62. The molecule has 0 aromatic carbocycles. The minimum Gasteiger partial charge on any atom is -0.480 e. The fourth-order valence-electron chi connectivity index (χ4n) is 2.62. The number of ether oxygens (including phenoxy) is 1. The van der Waals surface area contributed by atoms with Gasteiger partial charge in [-0.25, -0.2) is 9.59 Å². The van der Waals surface area contributed by atoms with Crippen molar-refractivity contribution in [3.8, 4) is 0 Å². The minimum absolute atomic E-state index is 0.0484. The van der Waals surface area contributed by atoms with Crippen LogP contribution in [0.4, 0.5) is 4.79 Å². The molecule has 0 aromatic heterocycles. The van der Waals surface area contributed by atoms with Gasteiger partial charge in [-0.2, -0.15) is 0 Å². The molecule has 0 bridgehead atoms. The van der Waals surface area contributed by atoms with E-state index in [0.717, 1.165) is 19.3 Å². The van der Waals surface area contributed by atoms with Crippen LogP contribution in [0.5, 0.6) is 0 Å². The highest BCUT2D eigenvalue weighted by atomic mass is 16.5. The third-order valence-electron chi connectivity index (χ3n) is 3.93. The summed E-state index contributed by atoms with van der Waals surface area (Å²) in [5.74, 6) is -0.317. The molecule has 0 radical (unpaired) electrons. The van der Waals surface area contributed by atoms with E-state index in [0.29, 0.717) is 18.9 Å². The lowest BCUT2D eigenvalue weighted by Gasteiger charge is -2.24. The van der Waals surface area contributed by atoms with Crippen molar-refractivity contribution in [3.05, 3.63) is 0 Å². The van der Waals surface area contributed by atoms with Crippen LogP contribution in [0.1, 0.15) is 46.5 Å². The number of nitrogens with zero attached hydrogens (tertiary/aromatic N) is 1. The molecule has 3 atom stereocenters. The number of aliphatic carboxylic acids is 1. The van der Waals surface area contributed by atoms with Crippen molar-refractivity contribution >= 4 is 12.0 Å². The third kappa shape index (κ3) is 5.53. The second kappa shape index (κ2) is 8.22. The topological polar surface area (TPSA) is 78.9 Å². The van der Waals surface area contributed by atoms with Gasteiger partial charge < -0.3 is 20.1 Å². The maximum absolute atomic E-state index is 12.2. The number of nitrogens with one attached hydrogen (secondary N) is 1. The smallest absolute Gasteiger partial charge is 0.326 e. The molecule has 2 amide bonds. The molecular formula is C15H28N2O4. The highest BCUT2D eigenvalue weighted by Crippen LogP contribution is 2.20. The van der Waals surface area contributed by atoms with Crippen LogP contribution >= 0.6 is 0 Å². The van der Waals surface area contributed by atoms with E-state index in [1.807, 2.05) is 6.92 Å². The summed E-state index contributed by atoms with van der Waals surface area (Å²) in [5.41, 5.74) is 0. The van der Waals surface area contributed by atoms with Crippen molar-refractivity contribution in [2.75, 3.05) is 13.7 Å². The summed E-state index contributed by atoms with van der Waals surface area (Å²) in [6.45, 7) is 6.64. The normalized spacial score (nSPS) is 23.4. The summed E-state index contributed by atoms with van der Waals surface area (Å²) in [5, 5.41) is 12.1. The molecule has 1 aliphatic rings. The molecule has 1 saturated heterocycles. The molecule has 0 spiro atoms. The molecule has 1 heterocycles. The van der Waals surface area contributed by atoms with Crippen LogP contribution in [0.15, 0.2) is 0 Å². The lowest BCUT2D eigenvalue weighted by molar-refractivity contribution is -0.141. The van der Waals surface area contributed by atoms with Gasteiger partial charge in [0.25, 0.3) is 0 Å². The number of methoxy groups -OCH3 is 1. The lowest BCUT2D eigenvalue weighted by Crippen LogP contribution is -2.48. The SMILES string of the molecule is COC1CC(C(=O)O)N(C(=O)NC(C)CCCC(C)C)C1. The van der Waals surface area contributed by atoms with E-state index in [1.54, 1.807) is 7.11 Å². The van der Waals surface area contributed by atoms with Crippen molar-refractivity contribution < 1.29 is 19.4 Å². The van der Waals surface area contributed by atoms with Crippen LogP contribution in [0.3, 0.4) is 0 Å². The molecule has 1 aliphatic heterocycles. The number of carbonyl (C=O) groups is 2. The van der Waals surface area contributed by atoms with Gasteiger partial charge in [-0.1, -0.05) is 26.7 Å². The molecule has 0 aliphatic carbocycles. The van der Waals surface area contributed by atoms with Crippen LogP contribution in [0.2, 0.25) is 0 Å². The van der Waals surface area contributed by atoms with E-state index in [9.17, 15) is 14.7 Å². The standard InChI is InChI=1S/C15H28N2O4/c1-10(2)6-5-7-11(3)16-15(20)17-9-12(21-4)8-13(17)14(18)19/h10-13H,5-9H2,1-4H3,(H,16,20)(H,18,19). The molecular weight excluding hydrogens is 272 g/mol. The second-order valence-corrected chi connectivity index (χ2v) is 6.28. The first-order valence-corrected chi connectivity index (χ1v) is 7.67. The molecule has 2 N–H and O–H groups in total. The zero-order chi connectivity index (χ0) is 16.0. The van der Waals surface area contributed by atoms with E-state index in [1.165, 1.54) is 4.90 Å². The van der Waals surface area contributed by atoms with Crippen molar-refractivity contribution in [1.82, 2.24) is 10.2 Å². The zero-order valence-electron chi connectivity index (χ0n) is 13.5. The Morgan fingerprint density at radius 3 is 2.52 bits per heavy atom. The number of likely N-dealkylation sites (tertiary alicyclic amines) is 1. The summed E-state index contributed by atoms with van der Waals surface area (Å²) in [4.78, 5) is 24.8. The number of rotatable bonds is 7. The molecule has 0 aromatic rings. The first-order chi connectivity index (χ1) is 9.85. The summed E-state index contributed by atoms with van der Waals surface area (Å²) < 4.78 is 5.18. The Bertz CT molecular complexity index is 360. The summed E-state index contributed by atoms with van der Waals surface area (Å²) >= 11 is 0. The van der Waals surface area contributed by atoms with Gasteiger partial charge in [-0.15, -0.1) is 0 Å². The number of urea groups is 1. The lowest BCUT2D eigenvalue weighted by atomic mass is 10.0. The van der Waals surface area contributed by atoms with E-state index in [2.05, 4.69) is 19.2 Å². The first kappa shape index (κ1) is 17.8. The fraction of sp³-hybridized carbons (Fsp3) is 0.867. The molecule has 6 nitrogen and oxygen atoms in total. The number of hydrogen-bond donors (Lipinski definition) is 2. The average Bonchev–Trinajstić information content (AvgIpc) is 2.82. The second-order valence-electron chi connectivity index (χ2n) is 6.28. The molecule has 21 heavy (non-hydrogen) atoms. The first-order valence-electron chi connectivity index (χ1n) is 7.67. The zero-order valence-corrected chi connectivity index (χ0v) is 13.5. The third-order valence-corrected chi connectivity index (χ3v) is 3.93. The van der Waals surface area contributed by atoms with Gasteiger partial charge >= 0.3 is 12.0 Å². The average molecular weight is 300 g/mol. The van der Waals surface area contributed by atoms with Gasteiger partial charge in [-0.05, 0) is 19.3 Å². The predicted molar refractivity (Wildman–Crippen MR) is 80.2 cm³/mol. The van der Waals surface area contributed by atoms with Gasteiger partial charge in [0, 0.05) is 26.1 Å². The van der Waals surface area contributed by atoms with Crippen molar-refractivity contribution in [3.63, 3.8) is 0 Å². The Kier molecular flexibility index (Phi) is 6.95. The number of hydrogen-bond acceptors (Lipinski definition) is 3. The Balaban J connectivity index is 2.47. The molecule has 1 rings (SSSR count). The Morgan fingerprint density at radius 2 is 2.00 bits per heavy atom. The highest BCUT2D eigenvalue weighted by molar-refractivity contribution is 5.83. The van der Waals surface area contributed by atoms with Gasteiger partial charge in [0.15, 0.2) is 0 Å². The van der Waals surface area contributed by atoms with Gasteiger partial charge in [0.05, 0.1) is 6.10 Å². The molecule has 3 unspecified atom stereocenters. The number of carboxylic acids is 1. The Hall–Kier alpha value is -1.30. The van der Waals surface area contributed by atoms with E-state index in [4.69, 9.17) is 4.74 Å². The van der Waals surface area contributed by atoms with E-state index in [-0.39, 0.29) is 18.2 Å². The Labute approximate surface area is 126 Å². The van der Waals surface area contributed by atoms with Crippen LogP contribution in [-0.4, -0.2) is 53.8 Å².